The summed E-state index contributed by atoms with van der Waals surface area (Å²) in [6.45, 7) is 3.33. The SMILES string of the molecule is COc1cc(C(=O)O)c(NS(=O)(=O)c2ccc3c(c2)CC(C)N3C(C)=O)c(OC)c1OC. The van der Waals surface area contributed by atoms with E-state index in [1.165, 1.54) is 40.4 Å². The second-order valence-corrected chi connectivity index (χ2v) is 8.89. The molecule has 0 spiro atoms. The highest BCUT2D eigenvalue weighted by atomic mass is 32.2. The lowest BCUT2D eigenvalue weighted by Gasteiger charge is -2.21. The van der Waals surface area contributed by atoms with Crippen molar-refractivity contribution in [2.45, 2.75) is 31.2 Å². The smallest absolute Gasteiger partial charge is 0.338 e. The number of hydrogen-bond acceptors (Lipinski definition) is 7. The molecular weight excluding hydrogens is 440 g/mol. The van der Waals surface area contributed by atoms with Gasteiger partial charge in [0.1, 0.15) is 5.69 Å². The van der Waals surface area contributed by atoms with E-state index in [9.17, 15) is 23.1 Å². The zero-order valence-corrected chi connectivity index (χ0v) is 19.1. The van der Waals surface area contributed by atoms with Crippen LogP contribution in [-0.2, 0) is 21.2 Å². The Kier molecular flexibility index (Phi) is 6.22. The Balaban J connectivity index is 2.10. The lowest BCUT2D eigenvalue weighted by atomic mass is 10.1. The van der Waals surface area contributed by atoms with Crippen molar-refractivity contribution >= 4 is 33.3 Å². The number of carbonyl (C=O) groups excluding carboxylic acids is 1. The summed E-state index contributed by atoms with van der Waals surface area (Å²) in [4.78, 5) is 25.3. The van der Waals surface area contributed by atoms with Crippen LogP contribution < -0.4 is 23.8 Å². The van der Waals surface area contributed by atoms with Gasteiger partial charge in [0.2, 0.25) is 11.7 Å². The maximum absolute atomic E-state index is 13.2. The zero-order chi connectivity index (χ0) is 23.8. The molecular formula is C21H24N2O8S. The Morgan fingerprint density at radius 3 is 2.28 bits per heavy atom. The molecule has 172 valence electrons. The molecule has 10 nitrogen and oxygen atoms in total. The first-order chi connectivity index (χ1) is 15.0. The number of nitrogens with zero attached hydrogens (tertiary/aromatic N) is 1. The second kappa shape index (κ2) is 8.58. The first kappa shape index (κ1) is 23.2. The number of methoxy groups -OCH3 is 3. The summed E-state index contributed by atoms with van der Waals surface area (Å²) < 4.78 is 44.4. The lowest BCUT2D eigenvalue weighted by Crippen LogP contribution is -2.33. The van der Waals surface area contributed by atoms with Gasteiger partial charge in [-0.25, -0.2) is 13.2 Å². The fourth-order valence-electron chi connectivity index (χ4n) is 3.87. The molecule has 0 aliphatic carbocycles. The number of anilines is 2. The maximum Gasteiger partial charge on any atom is 0.338 e. The number of amides is 1. The Bertz CT molecular complexity index is 1190. The third kappa shape index (κ3) is 3.91. The number of nitrogens with one attached hydrogen (secondary N) is 1. The van der Waals surface area contributed by atoms with Crippen molar-refractivity contribution < 1.29 is 37.3 Å². The summed E-state index contributed by atoms with van der Waals surface area (Å²) >= 11 is 0. The van der Waals surface area contributed by atoms with E-state index in [1.807, 2.05) is 6.92 Å². The fourth-order valence-corrected chi connectivity index (χ4v) is 5.01. The molecule has 1 aliphatic rings. The highest BCUT2D eigenvalue weighted by molar-refractivity contribution is 7.92. The average Bonchev–Trinajstić information content (AvgIpc) is 3.07. The van der Waals surface area contributed by atoms with Gasteiger partial charge in [-0.3, -0.25) is 9.52 Å². The fraction of sp³-hybridized carbons (Fsp3) is 0.333. The summed E-state index contributed by atoms with van der Waals surface area (Å²) in [6.07, 6.45) is 0.498. The molecule has 3 rings (SSSR count). The molecule has 1 unspecified atom stereocenters. The molecule has 1 amide bonds. The van der Waals surface area contributed by atoms with E-state index < -0.39 is 16.0 Å². The molecule has 0 saturated heterocycles. The van der Waals surface area contributed by atoms with Gasteiger partial charge in [-0.2, -0.15) is 0 Å². The van der Waals surface area contributed by atoms with E-state index in [4.69, 9.17) is 14.2 Å². The van der Waals surface area contributed by atoms with Crippen LogP contribution in [0.3, 0.4) is 0 Å². The van der Waals surface area contributed by atoms with Gasteiger partial charge in [0.25, 0.3) is 10.0 Å². The first-order valence-electron chi connectivity index (χ1n) is 9.57. The molecule has 32 heavy (non-hydrogen) atoms. The quantitative estimate of drug-likeness (QED) is 0.639. The molecule has 0 fully saturated rings. The van der Waals surface area contributed by atoms with E-state index in [0.29, 0.717) is 17.7 Å². The molecule has 1 aliphatic heterocycles. The number of carboxylic acids is 1. The standard InChI is InChI=1S/C21H24N2O8S/c1-11-8-13-9-14(6-7-16(13)23(11)12(2)24)32(27,28)22-18-15(21(25)26)10-17(29-3)19(30-4)20(18)31-5/h6-7,9-11,22H,8H2,1-5H3,(H,25,26). The van der Waals surface area contributed by atoms with Crippen LogP contribution in [0.5, 0.6) is 17.2 Å². The molecule has 0 bridgehead atoms. The number of carbonyl (C=O) groups is 2. The summed E-state index contributed by atoms with van der Waals surface area (Å²) in [5.41, 5.74) is 0.685. The number of hydrogen-bond donors (Lipinski definition) is 2. The Morgan fingerprint density at radius 2 is 1.75 bits per heavy atom. The number of fused-ring (bicyclic) bond motifs is 1. The molecule has 1 heterocycles. The van der Waals surface area contributed by atoms with Crippen LogP contribution in [0.15, 0.2) is 29.2 Å². The Labute approximate surface area is 185 Å². The van der Waals surface area contributed by atoms with Crippen LogP contribution in [0, 0.1) is 0 Å². The third-order valence-corrected chi connectivity index (χ3v) is 6.56. The summed E-state index contributed by atoms with van der Waals surface area (Å²) in [7, 11) is -0.316. The molecule has 1 atom stereocenters. The summed E-state index contributed by atoms with van der Waals surface area (Å²) in [5.74, 6) is -1.54. The van der Waals surface area contributed by atoms with Crippen LogP contribution in [-0.4, -0.2) is 52.8 Å². The van der Waals surface area contributed by atoms with E-state index >= 15 is 0 Å². The topological polar surface area (TPSA) is 131 Å². The van der Waals surface area contributed by atoms with Crippen molar-refractivity contribution in [1.29, 1.82) is 0 Å². The maximum atomic E-state index is 13.2. The normalized spacial score (nSPS) is 15.2. The van der Waals surface area contributed by atoms with Gasteiger partial charge in [-0.05, 0) is 37.1 Å². The average molecular weight is 464 g/mol. The highest BCUT2D eigenvalue weighted by Crippen LogP contribution is 2.46. The van der Waals surface area contributed by atoms with Gasteiger partial charge in [0.05, 0.1) is 31.8 Å². The molecule has 2 aromatic carbocycles. The molecule has 0 aromatic heterocycles. The number of rotatable bonds is 7. The lowest BCUT2D eigenvalue weighted by molar-refractivity contribution is -0.116. The minimum Gasteiger partial charge on any atom is -0.493 e. The predicted octanol–water partition coefficient (Wildman–Crippen LogP) is 2.51. The van der Waals surface area contributed by atoms with Gasteiger partial charge in [-0.1, -0.05) is 0 Å². The number of ether oxygens (including phenoxy) is 3. The summed E-state index contributed by atoms with van der Waals surface area (Å²) in [6, 6.07) is 5.46. The van der Waals surface area contributed by atoms with E-state index in [1.54, 1.807) is 11.0 Å². The minimum absolute atomic E-state index is 0.0394. The van der Waals surface area contributed by atoms with Gasteiger partial charge in [0, 0.05) is 24.7 Å². The van der Waals surface area contributed by atoms with Crippen molar-refractivity contribution in [2.75, 3.05) is 31.0 Å². The largest absolute Gasteiger partial charge is 0.493 e. The monoisotopic (exact) mass is 464 g/mol. The highest BCUT2D eigenvalue weighted by Gasteiger charge is 2.32. The van der Waals surface area contributed by atoms with Crippen molar-refractivity contribution in [3.05, 3.63) is 35.4 Å². The molecule has 11 heteroatoms. The van der Waals surface area contributed by atoms with Crippen molar-refractivity contribution in [2.24, 2.45) is 0 Å². The van der Waals surface area contributed by atoms with E-state index in [-0.39, 0.29) is 45.3 Å². The third-order valence-electron chi connectivity index (χ3n) is 5.21. The van der Waals surface area contributed by atoms with Gasteiger partial charge >= 0.3 is 5.97 Å². The Morgan fingerprint density at radius 1 is 1.09 bits per heavy atom. The number of carboxylic acid groups (broad SMARTS) is 1. The van der Waals surface area contributed by atoms with E-state index in [0.717, 1.165) is 6.07 Å². The van der Waals surface area contributed by atoms with E-state index in [2.05, 4.69) is 4.72 Å². The zero-order valence-electron chi connectivity index (χ0n) is 18.3. The van der Waals surface area contributed by atoms with Crippen LogP contribution in [0.4, 0.5) is 11.4 Å². The van der Waals surface area contributed by atoms with Gasteiger partial charge in [0.15, 0.2) is 11.5 Å². The first-order valence-corrected chi connectivity index (χ1v) is 11.1. The number of aromatic carboxylic acids is 1. The minimum atomic E-state index is -4.22. The Hall–Kier alpha value is -3.47. The number of benzene rings is 2. The van der Waals surface area contributed by atoms with Gasteiger partial charge in [-0.15, -0.1) is 0 Å². The second-order valence-electron chi connectivity index (χ2n) is 7.21. The molecule has 0 saturated carbocycles. The van der Waals surface area contributed by atoms with Gasteiger partial charge < -0.3 is 24.2 Å². The summed E-state index contributed by atoms with van der Waals surface area (Å²) in [5, 5.41) is 9.65. The van der Waals surface area contributed by atoms with Crippen molar-refractivity contribution in [3.63, 3.8) is 0 Å². The van der Waals surface area contributed by atoms with Crippen LogP contribution in [0.25, 0.3) is 0 Å². The molecule has 2 N–H and O–H groups in total. The predicted molar refractivity (Wildman–Crippen MR) is 117 cm³/mol. The molecule has 0 radical (unpaired) electrons. The van der Waals surface area contributed by atoms with Crippen molar-refractivity contribution in [1.82, 2.24) is 0 Å². The van der Waals surface area contributed by atoms with Crippen molar-refractivity contribution in [3.8, 4) is 17.2 Å². The van der Waals surface area contributed by atoms with Crippen LogP contribution in [0.1, 0.15) is 29.8 Å². The number of sulfonamides is 1. The van der Waals surface area contributed by atoms with Crippen LogP contribution in [0.2, 0.25) is 0 Å². The molecule has 2 aromatic rings. The van der Waals surface area contributed by atoms with Crippen LogP contribution >= 0.6 is 0 Å².